The van der Waals surface area contributed by atoms with Crippen LogP contribution in [0.3, 0.4) is 0 Å². The molecule has 1 aliphatic heterocycles. The smallest absolute Gasteiger partial charge is 0.123 e. The van der Waals surface area contributed by atoms with E-state index in [1.54, 1.807) is 0 Å². The van der Waals surface area contributed by atoms with E-state index >= 15 is 0 Å². The van der Waals surface area contributed by atoms with Crippen molar-refractivity contribution >= 4 is 0 Å². The fraction of sp³-hybridized carbons (Fsp3) is 0.625. The summed E-state index contributed by atoms with van der Waals surface area (Å²) in [5.74, 6) is 1.03. The second kappa shape index (κ2) is 6.92. The maximum atomic E-state index is 9.24. The summed E-state index contributed by atoms with van der Waals surface area (Å²) >= 11 is 0. The van der Waals surface area contributed by atoms with Crippen LogP contribution in [0.2, 0.25) is 0 Å². The largest absolute Gasteiger partial charge is 0.488 e. The Morgan fingerprint density at radius 3 is 2.68 bits per heavy atom. The molecule has 1 N–H and O–H groups in total. The van der Waals surface area contributed by atoms with Crippen LogP contribution in [-0.2, 0) is 6.42 Å². The average Bonchev–Trinajstić information content (AvgIpc) is 2.82. The van der Waals surface area contributed by atoms with Crippen LogP contribution in [0.15, 0.2) is 24.3 Å². The zero-order chi connectivity index (χ0) is 13.7. The van der Waals surface area contributed by atoms with Crippen LogP contribution in [0.25, 0.3) is 0 Å². The van der Waals surface area contributed by atoms with E-state index < -0.39 is 0 Å². The van der Waals surface area contributed by atoms with Gasteiger partial charge in [0.2, 0.25) is 0 Å². The molecule has 0 saturated heterocycles. The maximum Gasteiger partial charge on any atom is 0.123 e. The molecule has 0 amide bonds. The standard InChI is InChI=1S/C16H25NO2/c1-3-14(4-2)17(9-10-18)12-15-11-13-7-5-6-8-16(13)19-15/h5-8,14-15,18H,3-4,9-12H2,1-2H3. The molecule has 1 atom stereocenters. The molecule has 0 aliphatic carbocycles. The molecular weight excluding hydrogens is 238 g/mol. The molecule has 1 aliphatic rings. The Kier molecular flexibility index (Phi) is 5.23. The van der Waals surface area contributed by atoms with Crippen molar-refractivity contribution in [2.75, 3.05) is 19.7 Å². The molecule has 0 aromatic heterocycles. The number of rotatable bonds is 7. The number of nitrogens with zero attached hydrogens (tertiary/aromatic N) is 1. The fourth-order valence-electron chi connectivity index (χ4n) is 2.97. The van der Waals surface area contributed by atoms with Gasteiger partial charge in [0.15, 0.2) is 0 Å². The van der Waals surface area contributed by atoms with Crippen molar-refractivity contribution < 1.29 is 9.84 Å². The molecular formula is C16H25NO2. The first-order valence-corrected chi connectivity index (χ1v) is 7.37. The number of para-hydroxylation sites is 1. The zero-order valence-electron chi connectivity index (χ0n) is 12.0. The monoisotopic (exact) mass is 263 g/mol. The van der Waals surface area contributed by atoms with Crippen molar-refractivity contribution in [1.82, 2.24) is 4.90 Å². The van der Waals surface area contributed by atoms with E-state index in [2.05, 4.69) is 30.9 Å². The normalized spacial score (nSPS) is 17.8. The number of aliphatic hydroxyl groups excluding tert-OH is 1. The summed E-state index contributed by atoms with van der Waals surface area (Å²) in [7, 11) is 0. The van der Waals surface area contributed by atoms with Crippen molar-refractivity contribution in [3.63, 3.8) is 0 Å². The second-order valence-corrected chi connectivity index (χ2v) is 5.24. The summed E-state index contributed by atoms with van der Waals surface area (Å²) in [5.41, 5.74) is 1.31. The number of hydrogen-bond acceptors (Lipinski definition) is 3. The lowest BCUT2D eigenvalue weighted by Gasteiger charge is -2.31. The van der Waals surface area contributed by atoms with Gasteiger partial charge in [-0.3, -0.25) is 4.90 Å². The fourth-order valence-corrected chi connectivity index (χ4v) is 2.97. The van der Waals surface area contributed by atoms with Gasteiger partial charge in [0.25, 0.3) is 0 Å². The van der Waals surface area contributed by atoms with Gasteiger partial charge in [-0.15, -0.1) is 0 Å². The Labute approximate surface area is 116 Å². The highest BCUT2D eigenvalue weighted by molar-refractivity contribution is 5.37. The van der Waals surface area contributed by atoms with Crippen molar-refractivity contribution in [3.8, 4) is 5.75 Å². The molecule has 1 aromatic carbocycles. The highest BCUT2D eigenvalue weighted by Gasteiger charge is 2.26. The Hall–Kier alpha value is -1.06. The van der Waals surface area contributed by atoms with Crippen LogP contribution in [0.4, 0.5) is 0 Å². The van der Waals surface area contributed by atoms with Crippen LogP contribution in [0.1, 0.15) is 32.3 Å². The number of ether oxygens (including phenoxy) is 1. The molecule has 0 radical (unpaired) electrons. The van der Waals surface area contributed by atoms with Crippen LogP contribution in [-0.4, -0.2) is 41.8 Å². The summed E-state index contributed by atoms with van der Waals surface area (Å²) in [6.45, 7) is 6.28. The first kappa shape index (κ1) is 14.4. The van der Waals surface area contributed by atoms with E-state index in [9.17, 15) is 5.11 Å². The van der Waals surface area contributed by atoms with Gasteiger partial charge >= 0.3 is 0 Å². The molecule has 106 valence electrons. The lowest BCUT2D eigenvalue weighted by atomic mass is 10.1. The predicted octanol–water partition coefficient (Wildman–Crippen LogP) is 2.47. The van der Waals surface area contributed by atoms with E-state index in [1.165, 1.54) is 5.56 Å². The van der Waals surface area contributed by atoms with E-state index in [-0.39, 0.29) is 12.7 Å². The minimum atomic E-state index is 0.218. The quantitative estimate of drug-likeness (QED) is 0.820. The van der Waals surface area contributed by atoms with E-state index in [4.69, 9.17) is 4.74 Å². The van der Waals surface area contributed by atoms with Crippen molar-refractivity contribution in [2.24, 2.45) is 0 Å². The van der Waals surface area contributed by atoms with Crippen molar-refractivity contribution in [3.05, 3.63) is 29.8 Å². The minimum absolute atomic E-state index is 0.218. The van der Waals surface area contributed by atoms with Crippen LogP contribution in [0.5, 0.6) is 5.75 Å². The number of benzene rings is 1. The van der Waals surface area contributed by atoms with Gasteiger partial charge in [-0.25, -0.2) is 0 Å². The summed E-state index contributed by atoms with van der Waals surface area (Å²) in [5, 5.41) is 9.24. The van der Waals surface area contributed by atoms with Crippen molar-refractivity contribution in [2.45, 2.75) is 45.3 Å². The third-order valence-corrected chi connectivity index (χ3v) is 4.00. The topological polar surface area (TPSA) is 32.7 Å². The summed E-state index contributed by atoms with van der Waals surface area (Å²) in [6, 6.07) is 8.82. The molecule has 1 heterocycles. The lowest BCUT2D eigenvalue weighted by molar-refractivity contribution is 0.0921. The minimum Gasteiger partial charge on any atom is -0.488 e. The van der Waals surface area contributed by atoms with Crippen LogP contribution in [0, 0.1) is 0 Å². The maximum absolute atomic E-state index is 9.24. The predicted molar refractivity (Wildman–Crippen MR) is 77.6 cm³/mol. The molecule has 1 aromatic rings. The lowest BCUT2D eigenvalue weighted by Crippen LogP contribution is -2.43. The molecule has 1 unspecified atom stereocenters. The van der Waals surface area contributed by atoms with Gasteiger partial charge in [0.05, 0.1) is 6.61 Å². The van der Waals surface area contributed by atoms with E-state index in [1.807, 2.05) is 12.1 Å². The molecule has 0 spiro atoms. The van der Waals surface area contributed by atoms with E-state index in [0.717, 1.165) is 38.1 Å². The van der Waals surface area contributed by atoms with Crippen LogP contribution >= 0.6 is 0 Å². The number of fused-ring (bicyclic) bond motifs is 1. The third-order valence-electron chi connectivity index (χ3n) is 4.00. The second-order valence-electron chi connectivity index (χ2n) is 5.24. The Morgan fingerprint density at radius 1 is 1.32 bits per heavy atom. The molecule has 3 heteroatoms. The van der Waals surface area contributed by atoms with Gasteiger partial charge in [0, 0.05) is 25.6 Å². The highest BCUT2D eigenvalue weighted by Crippen LogP contribution is 2.28. The molecule has 0 saturated carbocycles. The van der Waals surface area contributed by atoms with E-state index in [0.29, 0.717) is 6.04 Å². The molecule has 19 heavy (non-hydrogen) atoms. The highest BCUT2D eigenvalue weighted by atomic mass is 16.5. The van der Waals surface area contributed by atoms with Gasteiger partial charge in [0.1, 0.15) is 11.9 Å². The van der Waals surface area contributed by atoms with Crippen molar-refractivity contribution in [1.29, 1.82) is 0 Å². The molecule has 0 bridgehead atoms. The van der Waals surface area contributed by atoms with Gasteiger partial charge in [-0.2, -0.15) is 0 Å². The molecule has 3 nitrogen and oxygen atoms in total. The Morgan fingerprint density at radius 2 is 2.05 bits per heavy atom. The van der Waals surface area contributed by atoms with Gasteiger partial charge in [-0.05, 0) is 24.5 Å². The summed E-state index contributed by atoms with van der Waals surface area (Å²) in [4.78, 5) is 2.37. The SMILES string of the molecule is CCC(CC)N(CCO)CC1Cc2ccccc2O1. The summed E-state index contributed by atoms with van der Waals surface area (Å²) < 4.78 is 6.00. The summed E-state index contributed by atoms with van der Waals surface area (Å²) in [6.07, 6.45) is 3.45. The third kappa shape index (κ3) is 3.48. The number of hydrogen-bond donors (Lipinski definition) is 1. The average molecular weight is 263 g/mol. The van der Waals surface area contributed by atoms with Crippen LogP contribution < -0.4 is 4.74 Å². The molecule has 0 fully saturated rings. The molecule has 2 rings (SSSR count). The Bertz CT molecular complexity index is 365. The number of aliphatic hydroxyl groups is 1. The van der Waals surface area contributed by atoms with Gasteiger partial charge in [-0.1, -0.05) is 32.0 Å². The Balaban J connectivity index is 1.96. The first-order chi connectivity index (χ1) is 9.28. The van der Waals surface area contributed by atoms with Gasteiger partial charge < -0.3 is 9.84 Å². The first-order valence-electron chi connectivity index (χ1n) is 7.37. The zero-order valence-corrected chi connectivity index (χ0v) is 12.0.